The molecular formula is C14H28N2O. The fraction of sp³-hybridized carbons (Fsp3) is 0.929. The number of hydrogen-bond donors (Lipinski definition) is 1. The summed E-state index contributed by atoms with van der Waals surface area (Å²) in [4.78, 5) is 14.1. The van der Waals surface area contributed by atoms with Gasteiger partial charge in [-0.05, 0) is 44.9 Å². The zero-order valence-corrected chi connectivity index (χ0v) is 11.9. The van der Waals surface area contributed by atoms with Crippen molar-refractivity contribution < 1.29 is 4.79 Å². The second-order valence-corrected chi connectivity index (χ2v) is 6.26. The molecule has 0 bridgehead atoms. The Labute approximate surface area is 106 Å². The first-order valence-corrected chi connectivity index (χ1v) is 6.88. The number of hydrogen-bond acceptors (Lipinski definition) is 2. The van der Waals surface area contributed by atoms with Crippen LogP contribution in [0.1, 0.15) is 59.8 Å². The molecule has 0 aliphatic carbocycles. The predicted molar refractivity (Wildman–Crippen MR) is 71.7 cm³/mol. The molecule has 0 aromatic heterocycles. The summed E-state index contributed by atoms with van der Waals surface area (Å²) in [6.45, 7) is 10.3. The van der Waals surface area contributed by atoms with Gasteiger partial charge in [-0.25, -0.2) is 0 Å². The Morgan fingerprint density at radius 1 is 1.35 bits per heavy atom. The first-order valence-electron chi connectivity index (χ1n) is 6.88. The van der Waals surface area contributed by atoms with E-state index < -0.39 is 0 Å². The molecule has 3 heteroatoms. The first-order chi connectivity index (χ1) is 7.82. The van der Waals surface area contributed by atoms with Crippen molar-refractivity contribution in [2.24, 2.45) is 11.1 Å². The number of amides is 1. The van der Waals surface area contributed by atoms with Gasteiger partial charge in [0.25, 0.3) is 0 Å². The number of nitrogens with zero attached hydrogens (tertiary/aromatic N) is 1. The summed E-state index contributed by atoms with van der Waals surface area (Å²) >= 11 is 0. The summed E-state index contributed by atoms with van der Waals surface area (Å²) in [6.07, 6.45) is 4.88. The van der Waals surface area contributed by atoms with Crippen LogP contribution in [0.5, 0.6) is 0 Å². The van der Waals surface area contributed by atoms with Crippen molar-refractivity contribution in [2.45, 2.75) is 65.3 Å². The maximum absolute atomic E-state index is 12.1. The summed E-state index contributed by atoms with van der Waals surface area (Å²) in [6, 6.07) is 0. The summed E-state index contributed by atoms with van der Waals surface area (Å²) in [5.74, 6) is 0.285. The minimum absolute atomic E-state index is 0.234. The lowest BCUT2D eigenvalue weighted by molar-refractivity contribution is -0.130. The topological polar surface area (TPSA) is 46.3 Å². The maximum atomic E-state index is 12.1. The Morgan fingerprint density at radius 3 is 2.35 bits per heavy atom. The second-order valence-electron chi connectivity index (χ2n) is 6.26. The molecule has 1 heterocycles. The number of likely N-dealkylation sites (tertiary alicyclic amines) is 1. The standard InChI is InChI=1S/C14H28N2O/c1-5-14(6-2)9-10-16(11-14)12(17)7-8-13(3,4)15/h5-11,15H2,1-4H3. The van der Waals surface area contributed by atoms with E-state index in [1.54, 1.807) is 0 Å². The average molecular weight is 240 g/mol. The van der Waals surface area contributed by atoms with Crippen LogP contribution in [0, 0.1) is 5.41 Å². The van der Waals surface area contributed by atoms with Crippen LogP contribution in [0.4, 0.5) is 0 Å². The molecule has 17 heavy (non-hydrogen) atoms. The molecular weight excluding hydrogens is 212 g/mol. The molecule has 1 aliphatic rings. The summed E-state index contributed by atoms with van der Waals surface area (Å²) in [5.41, 5.74) is 6.07. The molecule has 0 unspecified atom stereocenters. The smallest absolute Gasteiger partial charge is 0.222 e. The lowest BCUT2D eigenvalue weighted by Gasteiger charge is -2.27. The summed E-state index contributed by atoms with van der Waals surface area (Å²) in [7, 11) is 0. The van der Waals surface area contributed by atoms with E-state index in [1.165, 1.54) is 12.8 Å². The Bertz CT molecular complexity index is 264. The fourth-order valence-corrected chi connectivity index (χ4v) is 2.56. The highest BCUT2D eigenvalue weighted by Gasteiger charge is 2.36. The van der Waals surface area contributed by atoms with Gasteiger partial charge in [0.2, 0.25) is 5.91 Å². The van der Waals surface area contributed by atoms with Crippen LogP contribution in [0.25, 0.3) is 0 Å². The van der Waals surface area contributed by atoms with E-state index in [1.807, 2.05) is 18.7 Å². The Balaban J connectivity index is 2.46. The minimum Gasteiger partial charge on any atom is -0.342 e. The van der Waals surface area contributed by atoms with E-state index >= 15 is 0 Å². The highest BCUT2D eigenvalue weighted by atomic mass is 16.2. The van der Waals surface area contributed by atoms with Crippen LogP contribution < -0.4 is 5.73 Å². The van der Waals surface area contributed by atoms with Gasteiger partial charge in [-0.3, -0.25) is 4.79 Å². The van der Waals surface area contributed by atoms with E-state index in [0.717, 1.165) is 25.9 Å². The van der Waals surface area contributed by atoms with Crippen molar-refractivity contribution in [1.29, 1.82) is 0 Å². The van der Waals surface area contributed by atoms with Crippen molar-refractivity contribution in [3.63, 3.8) is 0 Å². The molecule has 100 valence electrons. The largest absolute Gasteiger partial charge is 0.342 e. The fourth-order valence-electron chi connectivity index (χ4n) is 2.56. The first kappa shape index (κ1) is 14.5. The molecule has 1 amide bonds. The summed E-state index contributed by atoms with van der Waals surface area (Å²) < 4.78 is 0. The average Bonchev–Trinajstić information content (AvgIpc) is 2.70. The third-order valence-corrected chi connectivity index (χ3v) is 4.27. The third-order valence-electron chi connectivity index (χ3n) is 4.27. The lowest BCUT2D eigenvalue weighted by atomic mass is 9.82. The Kier molecular flexibility index (Phi) is 4.59. The quantitative estimate of drug-likeness (QED) is 0.802. The normalized spacial score (nSPS) is 19.7. The van der Waals surface area contributed by atoms with E-state index in [9.17, 15) is 4.79 Å². The molecule has 0 radical (unpaired) electrons. The zero-order valence-electron chi connectivity index (χ0n) is 11.9. The van der Waals surface area contributed by atoms with Gasteiger partial charge >= 0.3 is 0 Å². The number of nitrogens with two attached hydrogens (primary N) is 1. The van der Waals surface area contributed by atoms with E-state index in [0.29, 0.717) is 11.8 Å². The molecule has 1 aliphatic heterocycles. The number of carbonyl (C=O) groups is 1. The maximum Gasteiger partial charge on any atom is 0.222 e. The van der Waals surface area contributed by atoms with Crippen LogP contribution in [-0.2, 0) is 4.79 Å². The van der Waals surface area contributed by atoms with Crippen molar-refractivity contribution in [2.75, 3.05) is 13.1 Å². The molecule has 1 rings (SSSR count). The van der Waals surface area contributed by atoms with Gasteiger partial charge in [-0.15, -0.1) is 0 Å². The van der Waals surface area contributed by atoms with Gasteiger partial charge in [-0.1, -0.05) is 13.8 Å². The van der Waals surface area contributed by atoms with Gasteiger partial charge in [0.1, 0.15) is 0 Å². The second kappa shape index (κ2) is 5.38. The molecule has 1 saturated heterocycles. The van der Waals surface area contributed by atoms with Gasteiger partial charge in [0.05, 0.1) is 0 Å². The van der Waals surface area contributed by atoms with Gasteiger partial charge in [0.15, 0.2) is 0 Å². The highest BCUT2D eigenvalue weighted by Crippen LogP contribution is 2.37. The third kappa shape index (κ3) is 3.98. The summed E-state index contributed by atoms with van der Waals surface area (Å²) in [5, 5.41) is 0. The van der Waals surface area contributed by atoms with Gasteiger partial charge in [0, 0.05) is 25.0 Å². The lowest BCUT2D eigenvalue weighted by Crippen LogP contribution is -2.36. The van der Waals surface area contributed by atoms with E-state index in [-0.39, 0.29) is 11.4 Å². The number of rotatable bonds is 5. The predicted octanol–water partition coefficient (Wildman–Crippen LogP) is 2.54. The van der Waals surface area contributed by atoms with Crippen molar-refractivity contribution in [3.8, 4) is 0 Å². The van der Waals surface area contributed by atoms with Crippen molar-refractivity contribution >= 4 is 5.91 Å². The van der Waals surface area contributed by atoms with Crippen LogP contribution in [0.2, 0.25) is 0 Å². The monoisotopic (exact) mass is 240 g/mol. The minimum atomic E-state index is -0.234. The van der Waals surface area contributed by atoms with Crippen LogP contribution in [-0.4, -0.2) is 29.4 Å². The molecule has 0 saturated carbocycles. The molecule has 2 N–H and O–H groups in total. The van der Waals surface area contributed by atoms with Crippen molar-refractivity contribution in [3.05, 3.63) is 0 Å². The van der Waals surface area contributed by atoms with E-state index in [2.05, 4.69) is 13.8 Å². The van der Waals surface area contributed by atoms with Crippen LogP contribution in [0.3, 0.4) is 0 Å². The van der Waals surface area contributed by atoms with Gasteiger partial charge < -0.3 is 10.6 Å². The molecule has 0 spiro atoms. The van der Waals surface area contributed by atoms with Crippen molar-refractivity contribution in [1.82, 2.24) is 4.90 Å². The van der Waals surface area contributed by atoms with E-state index in [4.69, 9.17) is 5.73 Å². The Morgan fingerprint density at radius 2 is 1.94 bits per heavy atom. The van der Waals surface area contributed by atoms with Gasteiger partial charge in [-0.2, -0.15) is 0 Å². The molecule has 0 aromatic rings. The SMILES string of the molecule is CCC1(CC)CCN(C(=O)CCC(C)(C)N)C1. The molecule has 0 atom stereocenters. The molecule has 1 fully saturated rings. The molecule has 0 aromatic carbocycles. The zero-order chi connectivity index (χ0) is 13.1. The van der Waals surface area contributed by atoms with Crippen LogP contribution >= 0.6 is 0 Å². The molecule has 3 nitrogen and oxygen atoms in total. The highest BCUT2D eigenvalue weighted by molar-refractivity contribution is 5.76. The van der Waals surface area contributed by atoms with Crippen LogP contribution in [0.15, 0.2) is 0 Å². The number of carbonyl (C=O) groups excluding carboxylic acids is 1. The Hall–Kier alpha value is -0.570.